The Balaban J connectivity index is 1.71. The Labute approximate surface area is 168 Å². The molecule has 1 amide bonds. The summed E-state index contributed by atoms with van der Waals surface area (Å²) in [6, 6.07) is 5.95. The van der Waals surface area contributed by atoms with Crippen LogP contribution in [0.3, 0.4) is 0 Å². The van der Waals surface area contributed by atoms with E-state index in [4.69, 9.17) is 20.9 Å². The molecular weight excluding hydrogens is 380 g/mol. The van der Waals surface area contributed by atoms with Gasteiger partial charge >= 0.3 is 0 Å². The molecule has 1 aromatic carbocycles. The Hall–Kier alpha value is -2.80. The molecule has 148 valence electrons. The minimum absolute atomic E-state index is 0.190. The average Bonchev–Trinajstić information content (AvgIpc) is 3.21. The second-order valence-electron chi connectivity index (χ2n) is 6.56. The SMILES string of the molecule is CCn1ncc(Cl)c1CNC(=O)c1noc(C)c1COc1ccc(C)cc1C. The van der Waals surface area contributed by atoms with Crippen molar-refractivity contribution < 1.29 is 14.1 Å². The highest BCUT2D eigenvalue weighted by Crippen LogP contribution is 2.22. The molecule has 28 heavy (non-hydrogen) atoms. The van der Waals surface area contributed by atoms with E-state index in [2.05, 4.69) is 15.6 Å². The fourth-order valence-electron chi connectivity index (χ4n) is 2.93. The highest BCUT2D eigenvalue weighted by molar-refractivity contribution is 6.31. The van der Waals surface area contributed by atoms with Crippen molar-refractivity contribution >= 4 is 17.5 Å². The molecule has 3 aromatic rings. The van der Waals surface area contributed by atoms with Crippen LogP contribution in [0, 0.1) is 20.8 Å². The average molecular weight is 403 g/mol. The minimum Gasteiger partial charge on any atom is -0.488 e. The number of rotatable bonds is 7. The summed E-state index contributed by atoms with van der Waals surface area (Å²) in [7, 11) is 0. The first kappa shape index (κ1) is 19.9. The Morgan fingerprint density at radius 3 is 2.82 bits per heavy atom. The van der Waals surface area contributed by atoms with Gasteiger partial charge < -0.3 is 14.6 Å². The van der Waals surface area contributed by atoms with E-state index in [0.717, 1.165) is 22.6 Å². The number of carbonyl (C=O) groups is 1. The third kappa shape index (κ3) is 4.20. The summed E-state index contributed by atoms with van der Waals surface area (Å²) in [4.78, 5) is 12.6. The highest BCUT2D eigenvalue weighted by atomic mass is 35.5. The Morgan fingerprint density at radius 2 is 2.11 bits per heavy atom. The van der Waals surface area contributed by atoms with Crippen LogP contribution < -0.4 is 10.1 Å². The number of halogens is 1. The molecular formula is C20H23ClN4O3. The van der Waals surface area contributed by atoms with Gasteiger partial charge in [-0.1, -0.05) is 34.5 Å². The molecule has 0 fully saturated rings. The first-order valence-electron chi connectivity index (χ1n) is 9.04. The van der Waals surface area contributed by atoms with E-state index in [1.807, 2.05) is 39.0 Å². The number of carbonyl (C=O) groups excluding carboxylic acids is 1. The molecule has 1 N–H and O–H groups in total. The van der Waals surface area contributed by atoms with Crippen molar-refractivity contribution in [2.75, 3.05) is 0 Å². The van der Waals surface area contributed by atoms with Crippen LogP contribution in [0.5, 0.6) is 5.75 Å². The first-order valence-corrected chi connectivity index (χ1v) is 9.42. The lowest BCUT2D eigenvalue weighted by atomic mass is 10.1. The van der Waals surface area contributed by atoms with Gasteiger partial charge in [0.25, 0.3) is 5.91 Å². The third-order valence-corrected chi connectivity index (χ3v) is 4.83. The molecule has 0 bridgehead atoms. The molecule has 7 nitrogen and oxygen atoms in total. The van der Waals surface area contributed by atoms with Crippen LogP contribution in [0.2, 0.25) is 5.02 Å². The number of hydrogen-bond acceptors (Lipinski definition) is 5. The molecule has 0 aliphatic rings. The summed E-state index contributed by atoms with van der Waals surface area (Å²) in [5.41, 5.74) is 3.76. The highest BCUT2D eigenvalue weighted by Gasteiger charge is 2.21. The van der Waals surface area contributed by atoms with Crippen LogP contribution in [0.4, 0.5) is 0 Å². The van der Waals surface area contributed by atoms with Crippen molar-refractivity contribution in [3.05, 3.63) is 63.3 Å². The van der Waals surface area contributed by atoms with Gasteiger partial charge in [0, 0.05) is 6.54 Å². The first-order chi connectivity index (χ1) is 13.4. The molecule has 0 aliphatic carbocycles. The molecule has 0 saturated heterocycles. The van der Waals surface area contributed by atoms with Crippen molar-refractivity contribution in [3.8, 4) is 5.75 Å². The van der Waals surface area contributed by atoms with Gasteiger partial charge in [-0.2, -0.15) is 5.10 Å². The molecule has 8 heteroatoms. The Morgan fingerprint density at radius 1 is 1.32 bits per heavy atom. The van der Waals surface area contributed by atoms with Crippen LogP contribution in [-0.4, -0.2) is 20.8 Å². The molecule has 3 rings (SSSR count). The van der Waals surface area contributed by atoms with Gasteiger partial charge in [0.1, 0.15) is 18.1 Å². The molecule has 0 radical (unpaired) electrons. The van der Waals surface area contributed by atoms with E-state index in [0.29, 0.717) is 22.9 Å². The summed E-state index contributed by atoms with van der Waals surface area (Å²) < 4.78 is 12.9. The zero-order valence-electron chi connectivity index (χ0n) is 16.4. The van der Waals surface area contributed by atoms with E-state index >= 15 is 0 Å². The Bertz CT molecular complexity index is 993. The molecule has 0 unspecified atom stereocenters. The van der Waals surface area contributed by atoms with E-state index < -0.39 is 0 Å². The maximum Gasteiger partial charge on any atom is 0.274 e. The number of hydrogen-bond donors (Lipinski definition) is 1. The van der Waals surface area contributed by atoms with E-state index in [1.54, 1.807) is 17.8 Å². The van der Waals surface area contributed by atoms with Crippen LogP contribution in [-0.2, 0) is 19.7 Å². The van der Waals surface area contributed by atoms with Crippen molar-refractivity contribution in [3.63, 3.8) is 0 Å². The third-order valence-electron chi connectivity index (χ3n) is 4.52. The fraction of sp³-hybridized carbons (Fsp3) is 0.350. The summed E-state index contributed by atoms with van der Waals surface area (Å²) in [6.07, 6.45) is 1.57. The zero-order valence-corrected chi connectivity index (χ0v) is 17.1. The second-order valence-corrected chi connectivity index (χ2v) is 6.97. The predicted octanol–water partition coefficient (Wildman–Crippen LogP) is 3.98. The molecule has 0 spiro atoms. The lowest BCUT2D eigenvalue weighted by Gasteiger charge is -2.10. The van der Waals surface area contributed by atoms with Crippen LogP contribution in [0.1, 0.15) is 45.6 Å². The number of ether oxygens (including phenoxy) is 1. The van der Waals surface area contributed by atoms with Crippen LogP contribution in [0.15, 0.2) is 28.9 Å². The molecule has 0 saturated carbocycles. The van der Waals surface area contributed by atoms with Gasteiger partial charge in [-0.3, -0.25) is 9.48 Å². The largest absolute Gasteiger partial charge is 0.488 e. The van der Waals surface area contributed by atoms with Crippen molar-refractivity contribution in [1.82, 2.24) is 20.3 Å². The van der Waals surface area contributed by atoms with Gasteiger partial charge in [0.15, 0.2) is 5.69 Å². The quantitative estimate of drug-likeness (QED) is 0.646. The smallest absolute Gasteiger partial charge is 0.274 e. The molecule has 0 atom stereocenters. The van der Waals surface area contributed by atoms with Gasteiger partial charge in [0.2, 0.25) is 0 Å². The number of amides is 1. The van der Waals surface area contributed by atoms with Crippen molar-refractivity contribution in [2.24, 2.45) is 0 Å². The van der Waals surface area contributed by atoms with Gasteiger partial charge in [-0.15, -0.1) is 0 Å². The summed E-state index contributed by atoms with van der Waals surface area (Å²) in [6.45, 7) is 8.82. The molecule has 0 aliphatic heterocycles. The molecule has 2 aromatic heterocycles. The predicted molar refractivity (Wildman–Crippen MR) is 106 cm³/mol. The van der Waals surface area contributed by atoms with Crippen LogP contribution in [0.25, 0.3) is 0 Å². The summed E-state index contributed by atoms with van der Waals surface area (Å²) >= 11 is 6.14. The second kappa shape index (κ2) is 8.48. The molecule has 2 heterocycles. The number of nitrogens with zero attached hydrogens (tertiary/aromatic N) is 3. The maximum absolute atomic E-state index is 12.6. The standard InChI is InChI=1S/C20H23ClN4O3/c1-5-25-17(16(21)9-23-25)10-22-20(26)19-15(14(4)28-24-19)11-27-18-7-6-12(2)8-13(18)3/h6-9H,5,10-11H2,1-4H3,(H,22,26). The number of aromatic nitrogens is 3. The number of nitrogens with one attached hydrogen (secondary N) is 1. The summed E-state index contributed by atoms with van der Waals surface area (Å²) in [5.74, 6) is 0.957. The maximum atomic E-state index is 12.6. The number of aryl methyl sites for hydroxylation is 4. The Kier molecular flexibility index (Phi) is 6.04. The normalized spacial score (nSPS) is 10.9. The monoisotopic (exact) mass is 402 g/mol. The zero-order chi connectivity index (χ0) is 20.3. The topological polar surface area (TPSA) is 82.2 Å². The van der Waals surface area contributed by atoms with E-state index in [9.17, 15) is 4.79 Å². The van der Waals surface area contributed by atoms with Gasteiger partial charge in [-0.05, 0) is 39.3 Å². The van der Waals surface area contributed by atoms with Crippen molar-refractivity contribution in [2.45, 2.75) is 47.4 Å². The summed E-state index contributed by atoms with van der Waals surface area (Å²) in [5, 5.41) is 11.4. The lowest BCUT2D eigenvalue weighted by Crippen LogP contribution is -2.26. The van der Waals surface area contributed by atoms with Gasteiger partial charge in [-0.25, -0.2) is 0 Å². The lowest BCUT2D eigenvalue weighted by molar-refractivity contribution is 0.0938. The van der Waals surface area contributed by atoms with E-state index in [-0.39, 0.29) is 24.8 Å². The van der Waals surface area contributed by atoms with E-state index in [1.165, 1.54) is 0 Å². The number of benzene rings is 1. The fourth-order valence-corrected chi connectivity index (χ4v) is 3.14. The minimum atomic E-state index is -0.351. The van der Waals surface area contributed by atoms with Crippen molar-refractivity contribution in [1.29, 1.82) is 0 Å². The van der Waals surface area contributed by atoms with Gasteiger partial charge in [0.05, 0.1) is 29.0 Å². The van der Waals surface area contributed by atoms with Crippen LogP contribution >= 0.6 is 11.6 Å².